The van der Waals surface area contributed by atoms with Crippen LogP contribution >= 0.6 is 23.2 Å². The fourth-order valence-electron chi connectivity index (χ4n) is 1.88. The number of hydrogen-bond donors (Lipinski definition) is 0. The fraction of sp³-hybridized carbons (Fsp3) is 0.200. The summed E-state index contributed by atoms with van der Waals surface area (Å²) in [4.78, 5) is 0. The predicted molar refractivity (Wildman–Crippen MR) is 78.7 cm³/mol. The maximum Gasteiger partial charge on any atom is 0.142 e. The van der Waals surface area contributed by atoms with Gasteiger partial charge in [-0.15, -0.1) is 11.6 Å². The van der Waals surface area contributed by atoms with Crippen LogP contribution in [0, 0.1) is 5.82 Å². The molecule has 5 heteroatoms. The zero-order valence-corrected chi connectivity index (χ0v) is 12.5. The van der Waals surface area contributed by atoms with Crippen LogP contribution in [0.5, 0.6) is 11.5 Å². The highest BCUT2D eigenvalue weighted by molar-refractivity contribution is 6.30. The molecule has 0 saturated heterocycles. The average molecular weight is 315 g/mol. The van der Waals surface area contributed by atoms with Crippen LogP contribution in [0.1, 0.15) is 16.5 Å². The summed E-state index contributed by atoms with van der Waals surface area (Å²) in [5, 5.41) is -0.470. The maximum absolute atomic E-state index is 13.5. The summed E-state index contributed by atoms with van der Waals surface area (Å²) >= 11 is 12.1. The second-order valence-corrected chi connectivity index (χ2v) is 4.99. The number of rotatable bonds is 4. The molecular formula is C15H13Cl2FO2. The standard InChI is InChI=1S/C15H13Cl2FO2/c1-19-10-4-5-11(14(8-10)20-2)15(17)9-3-6-12(16)13(18)7-9/h3-8,15H,1-2H3. The van der Waals surface area contributed by atoms with Crippen molar-refractivity contribution >= 4 is 23.2 Å². The van der Waals surface area contributed by atoms with Crippen LogP contribution in [-0.4, -0.2) is 14.2 Å². The summed E-state index contributed by atoms with van der Waals surface area (Å²) in [5.41, 5.74) is 1.34. The summed E-state index contributed by atoms with van der Waals surface area (Å²) < 4.78 is 23.9. The quantitative estimate of drug-likeness (QED) is 0.753. The van der Waals surface area contributed by atoms with E-state index in [1.54, 1.807) is 38.5 Å². The van der Waals surface area contributed by atoms with Gasteiger partial charge in [0.1, 0.15) is 17.3 Å². The van der Waals surface area contributed by atoms with Gasteiger partial charge in [-0.25, -0.2) is 4.39 Å². The lowest BCUT2D eigenvalue weighted by molar-refractivity contribution is 0.391. The van der Waals surface area contributed by atoms with Crippen LogP contribution < -0.4 is 9.47 Å². The lowest BCUT2D eigenvalue weighted by atomic mass is 10.0. The Bertz CT molecular complexity index is 617. The second-order valence-electron chi connectivity index (χ2n) is 4.14. The molecule has 2 aromatic carbocycles. The van der Waals surface area contributed by atoms with Crippen molar-refractivity contribution in [3.05, 3.63) is 58.4 Å². The third-order valence-electron chi connectivity index (χ3n) is 2.95. The van der Waals surface area contributed by atoms with Gasteiger partial charge in [-0.1, -0.05) is 17.7 Å². The SMILES string of the molecule is COc1ccc(C(Cl)c2ccc(Cl)c(F)c2)c(OC)c1. The van der Waals surface area contributed by atoms with E-state index in [4.69, 9.17) is 32.7 Å². The van der Waals surface area contributed by atoms with Crippen molar-refractivity contribution < 1.29 is 13.9 Å². The molecule has 0 aliphatic carbocycles. The highest BCUT2D eigenvalue weighted by Gasteiger charge is 2.17. The first kappa shape index (κ1) is 14.9. The molecule has 0 spiro atoms. The van der Waals surface area contributed by atoms with E-state index in [0.717, 1.165) is 5.56 Å². The molecular weight excluding hydrogens is 302 g/mol. The van der Waals surface area contributed by atoms with E-state index in [2.05, 4.69) is 0 Å². The molecule has 1 atom stereocenters. The third kappa shape index (κ3) is 3.00. The summed E-state index contributed by atoms with van der Waals surface area (Å²) in [7, 11) is 3.12. The number of ether oxygens (including phenoxy) is 2. The minimum absolute atomic E-state index is 0.0688. The van der Waals surface area contributed by atoms with Crippen molar-refractivity contribution in [3.8, 4) is 11.5 Å². The van der Waals surface area contributed by atoms with Gasteiger partial charge in [0, 0.05) is 11.6 Å². The first-order chi connectivity index (χ1) is 9.56. The molecule has 0 aliphatic heterocycles. The largest absolute Gasteiger partial charge is 0.497 e. The number of methoxy groups -OCH3 is 2. The van der Waals surface area contributed by atoms with Crippen molar-refractivity contribution in [1.29, 1.82) is 0 Å². The number of alkyl halides is 1. The van der Waals surface area contributed by atoms with Gasteiger partial charge in [-0.3, -0.25) is 0 Å². The topological polar surface area (TPSA) is 18.5 Å². The van der Waals surface area contributed by atoms with Gasteiger partial charge in [-0.05, 0) is 29.8 Å². The molecule has 1 unspecified atom stereocenters. The normalized spacial score (nSPS) is 12.1. The fourth-order valence-corrected chi connectivity index (χ4v) is 2.31. The van der Waals surface area contributed by atoms with Gasteiger partial charge in [0.05, 0.1) is 24.6 Å². The van der Waals surface area contributed by atoms with Crippen molar-refractivity contribution in [3.63, 3.8) is 0 Å². The Morgan fingerprint density at radius 2 is 1.80 bits per heavy atom. The zero-order chi connectivity index (χ0) is 14.7. The smallest absolute Gasteiger partial charge is 0.142 e. The minimum atomic E-state index is -0.539. The molecule has 0 amide bonds. The van der Waals surface area contributed by atoms with Gasteiger partial charge in [0.2, 0.25) is 0 Å². The Kier molecular flexibility index (Phi) is 4.73. The first-order valence-corrected chi connectivity index (χ1v) is 6.69. The van der Waals surface area contributed by atoms with Crippen molar-refractivity contribution in [2.45, 2.75) is 5.38 Å². The Labute approximate surface area is 127 Å². The highest BCUT2D eigenvalue weighted by atomic mass is 35.5. The first-order valence-electron chi connectivity index (χ1n) is 5.87. The van der Waals surface area contributed by atoms with Crippen LogP contribution in [0.3, 0.4) is 0 Å². The molecule has 2 nitrogen and oxygen atoms in total. The Morgan fingerprint density at radius 3 is 2.40 bits per heavy atom. The van der Waals surface area contributed by atoms with E-state index >= 15 is 0 Å². The zero-order valence-electron chi connectivity index (χ0n) is 11.0. The second kappa shape index (κ2) is 6.33. The van der Waals surface area contributed by atoms with E-state index in [1.807, 2.05) is 0 Å². The summed E-state index contributed by atoms with van der Waals surface area (Å²) in [6.45, 7) is 0. The van der Waals surface area contributed by atoms with E-state index in [1.165, 1.54) is 12.1 Å². The van der Waals surface area contributed by atoms with Gasteiger partial charge >= 0.3 is 0 Å². The maximum atomic E-state index is 13.5. The van der Waals surface area contributed by atoms with Gasteiger partial charge < -0.3 is 9.47 Å². The number of benzene rings is 2. The van der Waals surface area contributed by atoms with Crippen LogP contribution in [-0.2, 0) is 0 Å². The molecule has 106 valence electrons. The van der Waals surface area contributed by atoms with Crippen molar-refractivity contribution in [2.75, 3.05) is 14.2 Å². The molecule has 0 heterocycles. The van der Waals surface area contributed by atoms with Crippen LogP contribution in [0.25, 0.3) is 0 Å². The molecule has 0 radical (unpaired) electrons. The van der Waals surface area contributed by atoms with E-state index < -0.39 is 11.2 Å². The van der Waals surface area contributed by atoms with Gasteiger partial charge in [0.25, 0.3) is 0 Å². The Balaban J connectivity index is 2.41. The Hall–Kier alpha value is -1.45. The molecule has 2 rings (SSSR count). The highest BCUT2D eigenvalue weighted by Crippen LogP contribution is 2.37. The molecule has 0 bridgehead atoms. The number of halogens is 3. The van der Waals surface area contributed by atoms with Gasteiger partial charge in [-0.2, -0.15) is 0 Å². The molecule has 0 N–H and O–H groups in total. The third-order valence-corrected chi connectivity index (χ3v) is 3.74. The van der Waals surface area contributed by atoms with E-state index in [-0.39, 0.29) is 5.02 Å². The number of hydrogen-bond acceptors (Lipinski definition) is 2. The van der Waals surface area contributed by atoms with E-state index in [0.29, 0.717) is 17.1 Å². The summed E-state index contributed by atoms with van der Waals surface area (Å²) in [6.07, 6.45) is 0. The molecule has 0 aliphatic rings. The van der Waals surface area contributed by atoms with E-state index in [9.17, 15) is 4.39 Å². The van der Waals surface area contributed by atoms with Crippen LogP contribution in [0.2, 0.25) is 5.02 Å². The molecule has 0 fully saturated rings. The lowest BCUT2D eigenvalue weighted by Crippen LogP contribution is -1.99. The summed E-state index contributed by atoms with van der Waals surface area (Å²) in [5.74, 6) is 0.749. The molecule has 20 heavy (non-hydrogen) atoms. The summed E-state index contributed by atoms with van der Waals surface area (Å²) in [6, 6.07) is 9.80. The Morgan fingerprint density at radius 1 is 1.05 bits per heavy atom. The predicted octanol–water partition coefficient (Wildman–Crippen LogP) is 4.82. The van der Waals surface area contributed by atoms with Crippen molar-refractivity contribution in [2.24, 2.45) is 0 Å². The molecule has 2 aromatic rings. The van der Waals surface area contributed by atoms with Crippen LogP contribution in [0.15, 0.2) is 36.4 Å². The van der Waals surface area contributed by atoms with Crippen LogP contribution in [0.4, 0.5) is 4.39 Å². The minimum Gasteiger partial charge on any atom is -0.497 e. The lowest BCUT2D eigenvalue weighted by Gasteiger charge is -2.15. The molecule has 0 aromatic heterocycles. The monoisotopic (exact) mass is 314 g/mol. The molecule has 0 saturated carbocycles. The average Bonchev–Trinajstić information content (AvgIpc) is 2.48. The van der Waals surface area contributed by atoms with Crippen molar-refractivity contribution in [1.82, 2.24) is 0 Å². The van der Waals surface area contributed by atoms with Gasteiger partial charge in [0.15, 0.2) is 0 Å².